The van der Waals surface area contributed by atoms with Crippen LogP contribution in [0.1, 0.15) is 55.0 Å². The second-order valence-electron chi connectivity index (χ2n) is 10.3. The Balaban J connectivity index is 1.56. The summed E-state index contributed by atoms with van der Waals surface area (Å²) in [6.45, 7) is 5.89. The number of rotatable bonds is 7. The van der Waals surface area contributed by atoms with E-state index in [1.54, 1.807) is 0 Å². The number of benzene rings is 1. The van der Waals surface area contributed by atoms with Gasteiger partial charge >= 0.3 is 0 Å². The van der Waals surface area contributed by atoms with E-state index in [9.17, 15) is 0 Å². The van der Waals surface area contributed by atoms with Crippen molar-refractivity contribution in [1.82, 2.24) is 15.3 Å². The molecule has 3 aliphatic rings. The number of pyridine rings is 2. The topological polar surface area (TPSA) is 101 Å². The van der Waals surface area contributed by atoms with Gasteiger partial charge in [-0.1, -0.05) is 0 Å². The van der Waals surface area contributed by atoms with E-state index >= 15 is 0 Å². The maximum atomic E-state index is 8.25. The Bertz CT molecular complexity index is 1280. The third-order valence-corrected chi connectivity index (χ3v) is 7.63. The summed E-state index contributed by atoms with van der Waals surface area (Å²) in [6, 6.07) is 8.42. The van der Waals surface area contributed by atoms with Crippen molar-refractivity contribution in [2.75, 3.05) is 38.2 Å². The number of ether oxygens (including phenoxy) is 3. The predicted molar refractivity (Wildman–Crippen MR) is 145 cm³/mol. The monoisotopic (exact) mass is 501 g/mol. The number of fused-ring (bicyclic) bond motifs is 1. The van der Waals surface area contributed by atoms with Crippen molar-refractivity contribution >= 4 is 22.7 Å². The Morgan fingerprint density at radius 3 is 2.65 bits per heavy atom. The van der Waals surface area contributed by atoms with Crippen LogP contribution in [-0.2, 0) is 9.47 Å². The summed E-state index contributed by atoms with van der Waals surface area (Å²) in [4.78, 5) is 9.70. The average molecular weight is 502 g/mol. The summed E-state index contributed by atoms with van der Waals surface area (Å²) in [5.74, 6) is 0.946. The van der Waals surface area contributed by atoms with Gasteiger partial charge < -0.3 is 30.3 Å². The molecule has 2 aromatic heterocycles. The number of nitrogens with one attached hydrogen (secondary N) is 3. The Hall–Kier alpha value is -3.07. The summed E-state index contributed by atoms with van der Waals surface area (Å²) >= 11 is 0. The molecule has 3 N–H and O–H groups in total. The van der Waals surface area contributed by atoms with Gasteiger partial charge in [0.2, 0.25) is 5.88 Å². The molecule has 194 valence electrons. The number of anilines is 1. The number of hydrogen-bond donors (Lipinski definition) is 3. The van der Waals surface area contributed by atoms with Crippen LogP contribution < -0.4 is 15.4 Å². The molecule has 37 heavy (non-hydrogen) atoms. The zero-order valence-corrected chi connectivity index (χ0v) is 21.4. The fourth-order valence-corrected chi connectivity index (χ4v) is 5.50. The SMILES string of the molecule is Cc1cc(-c2c(C3CCOCC3)nc(OC3CNC3)c3cc(NC4CCCCO4)c(C=N)cc23)ccn1. The summed E-state index contributed by atoms with van der Waals surface area (Å²) in [5.41, 5.74) is 5.92. The van der Waals surface area contributed by atoms with Crippen molar-refractivity contribution < 1.29 is 14.2 Å². The van der Waals surface area contributed by atoms with E-state index < -0.39 is 0 Å². The molecule has 8 heteroatoms. The maximum absolute atomic E-state index is 8.25. The Morgan fingerprint density at radius 2 is 1.95 bits per heavy atom. The minimum atomic E-state index is -0.0538. The lowest BCUT2D eigenvalue weighted by atomic mass is 9.87. The molecule has 0 radical (unpaired) electrons. The molecule has 0 spiro atoms. The maximum Gasteiger partial charge on any atom is 0.222 e. The summed E-state index contributed by atoms with van der Waals surface area (Å²) in [5, 5.41) is 17.1. The summed E-state index contributed by atoms with van der Waals surface area (Å²) in [7, 11) is 0. The molecule has 8 nitrogen and oxygen atoms in total. The molecule has 6 rings (SSSR count). The second-order valence-corrected chi connectivity index (χ2v) is 10.3. The van der Waals surface area contributed by atoms with E-state index in [-0.39, 0.29) is 18.2 Å². The molecule has 0 aliphatic carbocycles. The van der Waals surface area contributed by atoms with Crippen molar-refractivity contribution in [2.24, 2.45) is 0 Å². The standard InChI is InChI=1S/C29H35N5O3/c1-18-12-20(5-8-32-18)27-23-13-21(15-30)25(33-26-4-2-3-9-36-26)14-24(23)29(37-22-16-31-17-22)34-28(27)19-6-10-35-11-7-19/h5,8,12-15,19,22,26,30-31,33H,2-4,6-7,9-11,16-17H2,1H3. The normalized spacial score (nSPS) is 20.9. The molecular weight excluding hydrogens is 466 g/mol. The van der Waals surface area contributed by atoms with Crippen molar-refractivity contribution in [3.8, 4) is 17.0 Å². The smallest absolute Gasteiger partial charge is 0.222 e. The second kappa shape index (κ2) is 10.7. The molecule has 1 unspecified atom stereocenters. The van der Waals surface area contributed by atoms with Gasteiger partial charge in [0.15, 0.2) is 0 Å². The van der Waals surface area contributed by atoms with Gasteiger partial charge in [-0.2, -0.15) is 0 Å². The van der Waals surface area contributed by atoms with E-state index in [1.165, 1.54) is 6.21 Å². The van der Waals surface area contributed by atoms with Crippen LogP contribution in [0.25, 0.3) is 21.9 Å². The van der Waals surface area contributed by atoms with Crippen LogP contribution in [0.5, 0.6) is 5.88 Å². The highest BCUT2D eigenvalue weighted by Crippen LogP contribution is 2.43. The molecule has 3 fully saturated rings. The van der Waals surface area contributed by atoms with Crippen LogP contribution in [0.3, 0.4) is 0 Å². The molecule has 1 aromatic carbocycles. The fourth-order valence-electron chi connectivity index (χ4n) is 5.50. The van der Waals surface area contributed by atoms with Gasteiger partial charge in [0, 0.05) is 79.1 Å². The van der Waals surface area contributed by atoms with Gasteiger partial charge in [-0.05, 0) is 74.2 Å². The predicted octanol–water partition coefficient (Wildman–Crippen LogP) is 4.79. The molecule has 3 aliphatic heterocycles. The summed E-state index contributed by atoms with van der Waals surface area (Å²) in [6.07, 6.45) is 8.38. The molecule has 3 saturated heterocycles. The van der Waals surface area contributed by atoms with Gasteiger partial charge in [0.05, 0.1) is 5.69 Å². The number of nitrogens with zero attached hydrogens (tertiary/aromatic N) is 2. The third kappa shape index (κ3) is 5.06. The van der Waals surface area contributed by atoms with Crippen molar-refractivity contribution in [1.29, 1.82) is 5.41 Å². The van der Waals surface area contributed by atoms with E-state index in [0.717, 1.165) is 110 Å². The van der Waals surface area contributed by atoms with Crippen LogP contribution in [0.2, 0.25) is 0 Å². The average Bonchev–Trinajstić information content (AvgIpc) is 2.91. The van der Waals surface area contributed by atoms with Crippen molar-refractivity contribution in [3.63, 3.8) is 0 Å². The first-order chi connectivity index (χ1) is 18.2. The molecule has 0 bridgehead atoms. The largest absolute Gasteiger partial charge is 0.471 e. The van der Waals surface area contributed by atoms with Crippen LogP contribution in [0.15, 0.2) is 30.5 Å². The highest BCUT2D eigenvalue weighted by atomic mass is 16.5. The van der Waals surface area contributed by atoms with Crippen LogP contribution in [0, 0.1) is 12.3 Å². The fraction of sp³-hybridized carbons (Fsp3) is 0.483. The zero-order chi connectivity index (χ0) is 25.2. The van der Waals surface area contributed by atoms with Gasteiger partial charge in [-0.15, -0.1) is 0 Å². The van der Waals surface area contributed by atoms with Crippen LogP contribution in [-0.4, -0.2) is 61.4 Å². The van der Waals surface area contributed by atoms with Crippen LogP contribution in [0.4, 0.5) is 5.69 Å². The number of aryl methyl sites for hydroxylation is 1. The first kappa shape index (κ1) is 24.3. The van der Waals surface area contributed by atoms with Crippen molar-refractivity contribution in [2.45, 2.75) is 57.3 Å². The minimum Gasteiger partial charge on any atom is -0.471 e. The molecule has 1 atom stereocenters. The highest BCUT2D eigenvalue weighted by molar-refractivity contribution is 6.05. The zero-order valence-electron chi connectivity index (χ0n) is 21.4. The Kier molecular flexibility index (Phi) is 7.04. The first-order valence-electron chi connectivity index (χ1n) is 13.5. The Morgan fingerprint density at radius 1 is 1.08 bits per heavy atom. The van der Waals surface area contributed by atoms with Gasteiger partial charge in [0.25, 0.3) is 0 Å². The lowest BCUT2D eigenvalue weighted by Crippen LogP contribution is -2.50. The molecule has 3 aromatic rings. The van der Waals surface area contributed by atoms with Gasteiger partial charge in [-0.25, -0.2) is 4.98 Å². The van der Waals surface area contributed by atoms with E-state index in [0.29, 0.717) is 5.88 Å². The van der Waals surface area contributed by atoms with E-state index in [1.807, 2.05) is 13.1 Å². The first-order valence-corrected chi connectivity index (χ1v) is 13.5. The summed E-state index contributed by atoms with van der Waals surface area (Å²) < 4.78 is 18.1. The van der Waals surface area contributed by atoms with Crippen molar-refractivity contribution in [3.05, 3.63) is 47.4 Å². The molecule has 0 amide bonds. The Labute approximate surface area is 217 Å². The molecular formula is C29H35N5O3. The number of hydrogen-bond acceptors (Lipinski definition) is 8. The quantitative estimate of drug-likeness (QED) is 0.400. The lowest BCUT2D eigenvalue weighted by Gasteiger charge is -2.30. The highest BCUT2D eigenvalue weighted by Gasteiger charge is 2.28. The lowest BCUT2D eigenvalue weighted by molar-refractivity contribution is 0.0343. The molecule has 0 saturated carbocycles. The van der Waals surface area contributed by atoms with E-state index in [2.05, 4.69) is 39.9 Å². The number of aromatic nitrogens is 2. The van der Waals surface area contributed by atoms with Gasteiger partial charge in [-0.3, -0.25) is 4.98 Å². The molecule has 5 heterocycles. The minimum absolute atomic E-state index is 0.0538. The van der Waals surface area contributed by atoms with Crippen LogP contribution >= 0.6 is 0 Å². The van der Waals surface area contributed by atoms with Gasteiger partial charge in [0.1, 0.15) is 12.3 Å². The third-order valence-electron chi connectivity index (χ3n) is 7.63. The van der Waals surface area contributed by atoms with E-state index in [4.69, 9.17) is 24.6 Å².